The van der Waals surface area contributed by atoms with Gasteiger partial charge in [0.1, 0.15) is 17.3 Å². The highest BCUT2D eigenvalue weighted by atomic mass is 15.2. The van der Waals surface area contributed by atoms with Gasteiger partial charge in [0.2, 0.25) is 0 Å². The number of nitrogen functional groups attached to an aromatic ring is 1. The van der Waals surface area contributed by atoms with Crippen LogP contribution in [0.5, 0.6) is 0 Å². The molecule has 0 aliphatic heterocycles. The van der Waals surface area contributed by atoms with Crippen molar-refractivity contribution in [3.05, 3.63) is 48.2 Å². The van der Waals surface area contributed by atoms with Crippen LogP contribution in [0.2, 0.25) is 0 Å². The number of aromatic nitrogens is 3. The van der Waals surface area contributed by atoms with Crippen LogP contribution in [0.4, 0.5) is 5.82 Å². The number of rotatable bonds is 4. The Kier molecular flexibility index (Phi) is 3.47. The molecule has 0 amide bonds. The summed E-state index contributed by atoms with van der Waals surface area (Å²) in [4.78, 5) is 14.5. The fourth-order valence-electron chi connectivity index (χ4n) is 1.47. The highest BCUT2D eigenvalue weighted by Gasteiger charge is 2.06. The van der Waals surface area contributed by atoms with Crippen molar-refractivity contribution in [3.8, 4) is 0 Å². The lowest BCUT2D eigenvalue weighted by Crippen LogP contribution is -2.20. The molecule has 0 radical (unpaired) electrons. The molecule has 0 saturated carbocycles. The van der Waals surface area contributed by atoms with Crippen molar-refractivity contribution >= 4 is 11.7 Å². The van der Waals surface area contributed by atoms with Gasteiger partial charge in [0.05, 0.1) is 24.6 Å². The molecule has 0 unspecified atom stereocenters. The molecular formula is C12H14N6. The summed E-state index contributed by atoms with van der Waals surface area (Å²) in [6.07, 6.45) is 4.85. The molecule has 0 spiro atoms. The Balaban J connectivity index is 2.09. The molecular weight excluding hydrogens is 228 g/mol. The Bertz CT molecular complexity index is 522. The van der Waals surface area contributed by atoms with Crippen LogP contribution in [0.25, 0.3) is 0 Å². The van der Waals surface area contributed by atoms with Crippen LogP contribution in [-0.4, -0.2) is 27.8 Å². The van der Waals surface area contributed by atoms with Crippen LogP contribution in [-0.2, 0) is 6.54 Å². The molecule has 0 fully saturated rings. The third-order valence-corrected chi connectivity index (χ3v) is 2.43. The Labute approximate surface area is 105 Å². The van der Waals surface area contributed by atoms with E-state index in [1.165, 1.54) is 6.20 Å². The summed E-state index contributed by atoms with van der Waals surface area (Å²) in [6.45, 7) is 0.648. The van der Waals surface area contributed by atoms with Gasteiger partial charge in [-0.3, -0.25) is 10.4 Å². The summed E-state index contributed by atoms with van der Waals surface area (Å²) in [6, 6.07) is 5.78. The van der Waals surface area contributed by atoms with E-state index in [0.717, 1.165) is 5.69 Å². The quantitative estimate of drug-likeness (QED) is 0.611. The van der Waals surface area contributed by atoms with Crippen molar-refractivity contribution in [3.63, 3.8) is 0 Å². The van der Waals surface area contributed by atoms with Gasteiger partial charge in [0.25, 0.3) is 0 Å². The number of pyridine rings is 1. The second-order valence-corrected chi connectivity index (χ2v) is 3.85. The van der Waals surface area contributed by atoms with Crippen LogP contribution in [0.1, 0.15) is 11.4 Å². The molecule has 3 N–H and O–H groups in total. The first-order valence-corrected chi connectivity index (χ1v) is 5.44. The summed E-state index contributed by atoms with van der Waals surface area (Å²) in [5.41, 5.74) is 6.66. The van der Waals surface area contributed by atoms with E-state index >= 15 is 0 Å². The Morgan fingerprint density at radius 3 is 2.67 bits per heavy atom. The zero-order chi connectivity index (χ0) is 13.0. The summed E-state index contributed by atoms with van der Waals surface area (Å²) in [5, 5.41) is 7.24. The van der Waals surface area contributed by atoms with E-state index < -0.39 is 0 Å². The lowest BCUT2D eigenvalue weighted by atomic mass is 10.3. The predicted octanol–water partition coefficient (Wildman–Crippen LogP) is 0.792. The number of nitrogens with zero attached hydrogens (tertiary/aromatic N) is 4. The molecule has 18 heavy (non-hydrogen) atoms. The van der Waals surface area contributed by atoms with Gasteiger partial charge < -0.3 is 10.6 Å². The second-order valence-electron chi connectivity index (χ2n) is 3.85. The molecule has 2 rings (SSSR count). The lowest BCUT2D eigenvalue weighted by molar-refractivity contribution is 0.859. The first-order valence-electron chi connectivity index (χ1n) is 5.44. The maximum atomic E-state index is 7.24. The normalized spacial score (nSPS) is 10.1. The van der Waals surface area contributed by atoms with Gasteiger partial charge in [-0.1, -0.05) is 6.07 Å². The van der Waals surface area contributed by atoms with Gasteiger partial charge in [-0.25, -0.2) is 9.97 Å². The number of nitrogens with two attached hydrogens (primary N) is 1. The highest BCUT2D eigenvalue weighted by molar-refractivity contribution is 5.92. The Morgan fingerprint density at radius 1 is 1.28 bits per heavy atom. The number of nitrogens with one attached hydrogen (secondary N) is 1. The maximum Gasteiger partial charge on any atom is 0.147 e. The SMILES string of the molecule is CN(Cc1ccccn1)c1cnc(C(=N)N)cn1. The number of anilines is 1. The standard InChI is InChI=1S/C12H14N6/c1-18(8-9-4-2-3-5-15-9)11-7-16-10(6-17-11)12(13)14/h2-7H,8H2,1H3,(H3,13,14). The van der Waals surface area contributed by atoms with Crippen molar-refractivity contribution < 1.29 is 0 Å². The van der Waals surface area contributed by atoms with Gasteiger partial charge in [-0.15, -0.1) is 0 Å². The molecule has 0 aromatic carbocycles. The van der Waals surface area contributed by atoms with Crippen molar-refractivity contribution in [1.82, 2.24) is 15.0 Å². The largest absolute Gasteiger partial charge is 0.382 e. The summed E-state index contributed by atoms with van der Waals surface area (Å²) < 4.78 is 0. The lowest BCUT2D eigenvalue weighted by Gasteiger charge is -2.17. The minimum atomic E-state index is -0.0820. The van der Waals surface area contributed by atoms with E-state index in [1.54, 1.807) is 12.4 Å². The highest BCUT2D eigenvalue weighted by Crippen LogP contribution is 2.09. The monoisotopic (exact) mass is 242 g/mol. The molecule has 0 bridgehead atoms. The zero-order valence-electron chi connectivity index (χ0n) is 10.0. The van der Waals surface area contributed by atoms with Gasteiger partial charge in [-0.2, -0.15) is 0 Å². The molecule has 2 aromatic heterocycles. The third-order valence-electron chi connectivity index (χ3n) is 2.43. The van der Waals surface area contributed by atoms with Crippen LogP contribution in [0.15, 0.2) is 36.8 Å². The van der Waals surface area contributed by atoms with Gasteiger partial charge in [0, 0.05) is 13.2 Å². The van der Waals surface area contributed by atoms with Crippen LogP contribution < -0.4 is 10.6 Å². The molecule has 6 heteroatoms. The Morgan fingerprint density at radius 2 is 2.11 bits per heavy atom. The average molecular weight is 242 g/mol. The second kappa shape index (κ2) is 5.22. The molecule has 0 atom stereocenters. The third kappa shape index (κ3) is 2.79. The van der Waals surface area contributed by atoms with Crippen molar-refractivity contribution in [1.29, 1.82) is 5.41 Å². The van der Waals surface area contributed by atoms with Gasteiger partial charge in [-0.05, 0) is 12.1 Å². The van der Waals surface area contributed by atoms with Crippen molar-refractivity contribution in [2.45, 2.75) is 6.54 Å². The predicted molar refractivity (Wildman–Crippen MR) is 69.4 cm³/mol. The molecule has 2 aromatic rings. The van der Waals surface area contributed by atoms with Crippen LogP contribution >= 0.6 is 0 Å². The van der Waals surface area contributed by atoms with Crippen LogP contribution in [0, 0.1) is 5.41 Å². The maximum absolute atomic E-state index is 7.24. The topological polar surface area (TPSA) is 91.8 Å². The number of amidine groups is 1. The molecule has 0 saturated heterocycles. The first kappa shape index (κ1) is 12.0. The number of hydrogen-bond acceptors (Lipinski definition) is 5. The van der Waals surface area contributed by atoms with Gasteiger partial charge in [0.15, 0.2) is 0 Å². The van der Waals surface area contributed by atoms with Crippen LogP contribution in [0.3, 0.4) is 0 Å². The average Bonchev–Trinajstić information content (AvgIpc) is 2.40. The Hall–Kier alpha value is -2.50. The zero-order valence-corrected chi connectivity index (χ0v) is 10.0. The van der Waals surface area contributed by atoms with Crippen molar-refractivity contribution in [2.75, 3.05) is 11.9 Å². The molecule has 92 valence electrons. The minimum Gasteiger partial charge on any atom is -0.382 e. The van der Waals surface area contributed by atoms with Crippen molar-refractivity contribution in [2.24, 2.45) is 5.73 Å². The molecule has 6 nitrogen and oxygen atoms in total. The van der Waals surface area contributed by atoms with E-state index in [-0.39, 0.29) is 5.84 Å². The number of hydrogen-bond donors (Lipinski definition) is 2. The van der Waals surface area contributed by atoms with E-state index in [0.29, 0.717) is 18.1 Å². The minimum absolute atomic E-state index is 0.0820. The van der Waals surface area contributed by atoms with E-state index in [1.807, 2.05) is 30.1 Å². The molecule has 0 aliphatic rings. The molecule has 0 aliphatic carbocycles. The first-order chi connectivity index (χ1) is 8.66. The van der Waals surface area contributed by atoms with E-state index in [4.69, 9.17) is 11.1 Å². The smallest absolute Gasteiger partial charge is 0.147 e. The molecule has 2 heterocycles. The van der Waals surface area contributed by atoms with Gasteiger partial charge >= 0.3 is 0 Å². The fourth-order valence-corrected chi connectivity index (χ4v) is 1.47. The summed E-state index contributed by atoms with van der Waals surface area (Å²) >= 11 is 0. The summed E-state index contributed by atoms with van der Waals surface area (Å²) in [7, 11) is 1.91. The summed E-state index contributed by atoms with van der Waals surface area (Å²) in [5.74, 6) is 0.632. The van der Waals surface area contributed by atoms with E-state index in [9.17, 15) is 0 Å². The fraction of sp³-hybridized carbons (Fsp3) is 0.167. The van der Waals surface area contributed by atoms with E-state index in [2.05, 4.69) is 15.0 Å².